The molecule has 3 aromatic rings. The Hall–Kier alpha value is -3.92. The lowest BCUT2D eigenvalue weighted by molar-refractivity contribution is 0.0601. The lowest BCUT2D eigenvalue weighted by Gasteiger charge is -2.09. The molecule has 0 saturated carbocycles. The van der Waals surface area contributed by atoms with Crippen molar-refractivity contribution in [1.29, 1.82) is 5.26 Å². The minimum Gasteiger partial charge on any atom is -0.465 e. The van der Waals surface area contributed by atoms with E-state index in [0.717, 1.165) is 11.1 Å². The number of nitrogens with two attached hydrogens (primary N) is 2. The summed E-state index contributed by atoms with van der Waals surface area (Å²) in [5, 5.41) is 9.36. The quantitative estimate of drug-likeness (QED) is 0.698. The van der Waals surface area contributed by atoms with Crippen LogP contribution in [0.25, 0.3) is 22.4 Å². The van der Waals surface area contributed by atoms with Gasteiger partial charge in [0.05, 0.1) is 18.4 Å². The number of hydrogen-bond acceptors (Lipinski definition) is 7. The highest BCUT2D eigenvalue weighted by molar-refractivity contribution is 5.91. The largest absolute Gasteiger partial charge is 0.465 e. The van der Waals surface area contributed by atoms with E-state index in [0.29, 0.717) is 16.8 Å². The molecule has 0 atom stereocenters. The minimum absolute atomic E-state index is 0.00501. The number of nitrogen functional groups attached to an aromatic ring is 2. The highest BCUT2D eigenvalue weighted by Gasteiger charge is 2.14. The molecule has 1 aromatic heterocycles. The lowest BCUT2D eigenvalue weighted by Crippen LogP contribution is -2.05. The van der Waals surface area contributed by atoms with Crippen LogP contribution in [0.1, 0.15) is 15.9 Å². The van der Waals surface area contributed by atoms with Crippen LogP contribution in [0.15, 0.2) is 48.5 Å². The molecular formula is C19H15N5O2. The summed E-state index contributed by atoms with van der Waals surface area (Å²) in [6, 6.07) is 16.4. The molecule has 0 bridgehead atoms. The number of rotatable bonds is 3. The molecule has 0 fully saturated rings. The second-order valence-corrected chi connectivity index (χ2v) is 5.46. The lowest BCUT2D eigenvalue weighted by atomic mass is 9.98. The first-order chi connectivity index (χ1) is 12.5. The molecule has 0 radical (unpaired) electrons. The highest BCUT2D eigenvalue weighted by atomic mass is 16.5. The van der Waals surface area contributed by atoms with Gasteiger partial charge in [0.25, 0.3) is 0 Å². The van der Waals surface area contributed by atoms with Gasteiger partial charge in [0, 0.05) is 5.56 Å². The molecule has 0 unspecified atom stereocenters. The maximum Gasteiger partial charge on any atom is 0.337 e. The summed E-state index contributed by atoms with van der Waals surface area (Å²) >= 11 is 0. The van der Waals surface area contributed by atoms with Gasteiger partial charge in [-0.05, 0) is 29.3 Å². The van der Waals surface area contributed by atoms with Gasteiger partial charge < -0.3 is 16.2 Å². The fourth-order valence-corrected chi connectivity index (χ4v) is 2.60. The van der Waals surface area contributed by atoms with E-state index in [-0.39, 0.29) is 17.3 Å². The third kappa shape index (κ3) is 3.16. The topological polar surface area (TPSA) is 128 Å². The van der Waals surface area contributed by atoms with E-state index in [4.69, 9.17) is 16.2 Å². The number of nitriles is 1. The number of benzene rings is 2. The number of ether oxygens (including phenoxy) is 1. The summed E-state index contributed by atoms with van der Waals surface area (Å²) in [7, 11) is 1.34. The van der Waals surface area contributed by atoms with Gasteiger partial charge in [-0.2, -0.15) is 10.2 Å². The maximum atomic E-state index is 11.7. The van der Waals surface area contributed by atoms with Crippen molar-refractivity contribution in [1.82, 2.24) is 9.97 Å². The number of hydrogen-bond donors (Lipinski definition) is 2. The molecule has 0 aliphatic carbocycles. The van der Waals surface area contributed by atoms with E-state index >= 15 is 0 Å². The molecule has 0 saturated heterocycles. The summed E-state index contributed by atoms with van der Waals surface area (Å²) in [6.45, 7) is 0. The number of carbonyl (C=O) groups excluding carboxylic acids is 1. The first-order valence-corrected chi connectivity index (χ1v) is 7.65. The molecule has 4 N–H and O–H groups in total. The van der Waals surface area contributed by atoms with Crippen molar-refractivity contribution in [3.63, 3.8) is 0 Å². The predicted octanol–water partition coefficient (Wildman–Crippen LogP) is 2.63. The van der Waals surface area contributed by atoms with Crippen molar-refractivity contribution in [2.45, 2.75) is 0 Å². The maximum absolute atomic E-state index is 11.7. The Balaban J connectivity index is 2.11. The fraction of sp³-hybridized carbons (Fsp3) is 0.0526. The summed E-state index contributed by atoms with van der Waals surface area (Å²) < 4.78 is 4.76. The van der Waals surface area contributed by atoms with Crippen LogP contribution < -0.4 is 11.5 Å². The van der Waals surface area contributed by atoms with Gasteiger partial charge in [0.15, 0.2) is 0 Å². The van der Waals surface area contributed by atoms with Gasteiger partial charge in [-0.25, -0.2) is 9.78 Å². The zero-order valence-electron chi connectivity index (χ0n) is 13.9. The number of carbonyl (C=O) groups is 1. The summed E-state index contributed by atoms with van der Waals surface area (Å²) in [5.41, 5.74) is 14.8. The third-order valence-electron chi connectivity index (χ3n) is 3.82. The van der Waals surface area contributed by atoms with E-state index in [1.165, 1.54) is 7.11 Å². The van der Waals surface area contributed by atoms with Crippen molar-refractivity contribution in [3.8, 4) is 28.5 Å². The number of anilines is 2. The van der Waals surface area contributed by atoms with Crippen LogP contribution in [0.5, 0.6) is 0 Å². The molecule has 7 nitrogen and oxygen atoms in total. The fourth-order valence-electron chi connectivity index (χ4n) is 2.60. The Labute approximate surface area is 149 Å². The van der Waals surface area contributed by atoms with E-state index in [9.17, 15) is 10.1 Å². The van der Waals surface area contributed by atoms with Crippen LogP contribution >= 0.6 is 0 Å². The molecule has 0 aliphatic heterocycles. The Morgan fingerprint density at radius 1 is 1.04 bits per heavy atom. The number of methoxy groups -OCH3 is 1. The number of aromatic nitrogens is 2. The van der Waals surface area contributed by atoms with Crippen LogP contribution in [0, 0.1) is 11.3 Å². The Kier molecular flexibility index (Phi) is 4.50. The molecule has 128 valence electrons. The average molecular weight is 345 g/mol. The second-order valence-electron chi connectivity index (χ2n) is 5.46. The first-order valence-electron chi connectivity index (χ1n) is 7.65. The van der Waals surface area contributed by atoms with Gasteiger partial charge in [-0.3, -0.25) is 0 Å². The molecule has 3 rings (SSSR count). The second kappa shape index (κ2) is 6.91. The van der Waals surface area contributed by atoms with Crippen LogP contribution in [-0.4, -0.2) is 23.0 Å². The van der Waals surface area contributed by atoms with Crippen LogP contribution in [0.4, 0.5) is 11.8 Å². The van der Waals surface area contributed by atoms with E-state index < -0.39 is 5.97 Å². The molecule has 0 amide bonds. The molecule has 7 heteroatoms. The monoisotopic (exact) mass is 345 g/mol. The van der Waals surface area contributed by atoms with Crippen LogP contribution in [-0.2, 0) is 4.74 Å². The standard InChI is InChI=1S/C19H15N5O2/c1-26-18(25)14-7-3-5-12(9-14)11-4-2-6-13(8-11)16-15(10-20)17(21)24-19(22)23-16/h2-9H,1H3,(H4,21,22,23,24). The highest BCUT2D eigenvalue weighted by Crippen LogP contribution is 2.29. The molecule has 0 aliphatic rings. The van der Waals surface area contributed by atoms with Crippen molar-refractivity contribution >= 4 is 17.7 Å². The zero-order valence-corrected chi connectivity index (χ0v) is 13.9. The smallest absolute Gasteiger partial charge is 0.337 e. The number of esters is 1. The van der Waals surface area contributed by atoms with E-state index in [1.807, 2.05) is 30.3 Å². The normalized spacial score (nSPS) is 10.2. The van der Waals surface area contributed by atoms with Gasteiger partial charge in [0.2, 0.25) is 5.95 Å². The zero-order chi connectivity index (χ0) is 18.7. The predicted molar refractivity (Wildman–Crippen MR) is 97.8 cm³/mol. The van der Waals surface area contributed by atoms with Gasteiger partial charge in [-0.15, -0.1) is 0 Å². The van der Waals surface area contributed by atoms with E-state index in [1.54, 1.807) is 24.3 Å². The molecule has 0 spiro atoms. The van der Waals surface area contributed by atoms with E-state index in [2.05, 4.69) is 9.97 Å². The summed E-state index contributed by atoms with van der Waals surface area (Å²) in [5.74, 6) is -0.381. The van der Waals surface area contributed by atoms with Gasteiger partial charge in [0.1, 0.15) is 17.5 Å². The van der Waals surface area contributed by atoms with Crippen molar-refractivity contribution in [2.24, 2.45) is 0 Å². The Morgan fingerprint density at radius 2 is 1.69 bits per heavy atom. The SMILES string of the molecule is COC(=O)c1cccc(-c2cccc(-c3nc(N)nc(N)c3C#N)c2)c1. The molecule has 2 aromatic carbocycles. The average Bonchev–Trinajstić information content (AvgIpc) is 2.67. The Bertz CT molecular complexity index is 1040. The summed E-state index contributed by atoms with van der Waals surface area (Å²) in [6.07, 6.45) is 0. The Morgan fingerprint density at radius 3 is 2.38 bits per heavy atom. The number of nitrogens with zero attached hydrogens (tertiary/aromatic N) is 3. The van der Waals surface area contributed by atoms with Crippen LogP contribution in [0.3, 0.4) is 0 Å². The van der Waals surface area contributed by atoms with Crippen molar-refractivity contribution < 1.29 is 9.53 Å². The van der Waals surface area contributed by atoms with Crippen molar-refractivity contribution in [3.05, 3.63) is 59.7 Å². The minimum atomic E-state index is -0.411. The molecule has 1 heterocycles. The first kappa shape index (κ1) is 16.9. The molecular weight excluding hydrogens is 330 g/mol. The van der Waals surface area contributed by atoms with Crippen molar-refractivity contribution in [2.75, 3.05) is 18.6 Å². The van der Waals surface area contributed by atoms with Gasteiger partial charge >= 0.3 is 5.97 Å². The molecule has 26 heavy (non-hydrogen) atoms. The van der Waals surface area contributed by atoms with Crippen LogP contribution in [0.2, 0.25) is 0 Å². The summed E-state index contributed by atoms with van der Waals surface area (Å²) in [4.78, 5) is 19.7. The third-order valence-corrected chi connectivity index (χ3v) is 3.82. The van der Waals surface area contributed by atoms with Gasteiger partial charge in [-0.1, -0.05) is 30.3 Å².